The molecule has 3 rings (SSSR count). The number of carbonyl (C=O) groups excluding carboxylic acids is 1. The quantitative estimate of drug-likeness (QED) is 0.401. The molecule has 3 aromatic rings. The third kappa shape index (κ3) is 5.84. The highest BCUT2D eigenvalue weighted by Crippen LogP contribution is 2.24. The summed E-state index contributed by atoms with van der Waals surface area (Å²) >= 11 is 1.38. The molecule has 29 heavy (non-hydrogen) atoms. The number of ether oxygens (including phenoxy) is 1. The van der Waals surface area contributed by atoms with Crippen LogP contribution in [0.25, 0.3) is 5.69 Å². The van der Waals surface area contributed by atoms with E-state index < -0.39 is 0 Å². The number of hydrogen-bond acceptors (Lipinski definition) is 5. The Balaban J connectivity index is 1.75. The molecule has 1 aromatic heterocycles. The van der Waals surface area contributed by atoms with Gasteiger partial charge in [-0.3, -0.25) is 9.36 Å². The van der Waals surface area contributed by atoms with Crippen molar-refractivity contribution in [3.63, 3.8) is 0 Å². The van der Waals surface area contributed by atoms with Crippen LogP contribution in [0.3, 0.4) is 0 Å². The number of hydrogen-bond donors (Lipinski definition) is 1. The van der Waals surface area contributed by atoms with Gasteiger partial charge >= 0.3 is 0 Å². The predicted octanol–water partition coefficient (Wildman–Crippen LogP) is 4.16. The highest BCUT2D eigenvalue weighted by atomic mass is 32.2. The molecule has 7 heteroatoms. The molecule has 1 amide bonds. The van der Waals surface area contributed by atoms with Gasteiger partial charge in [-0.05, 0) is 37.1 Å². The SMILES string of the molecule is CCCCNC(=O)CSc1nnc(COc2ccccc2C)n1-c1ccccc1. The summed E-state index contributed by atoms with van der Waals surface area (Å²) in [5.41, 5.74) is 2.01. The second kappa shape index (κ2) is 10.7. The lowest BCUT2D eigenvalue weighted by Gasteiger charge is -2.12. The number of nitrogens with one attached hydrogen (secondary N) is 1. The van der Waals surface area contributed by atoms with E-state index in [-0.39, 0.29) is 12.5 Å². The lowest BCUT2D eigenvalue weighted by molar-refractivity contribution is -0.118. The van der Waals surface area contributed by atoms with Crippen molar-refractivity contribution in [3.8, 4) is 11.4 Å². The van der Waals surface area contributed by atoms with E-state index in [1.807, 2.05) is 66.1 Å². The summed E-state index contributed by atoms with van der Waals surface area (Å²) in [5, 5.41) is 12.2. The fraction of sp³-hybridized carbons (Fsp3) is 0.318. The summed E-state index contributed by atoms with van der Waals surface area (Å²) in [6.45, 7) is 5.10. The Morgan fingerprint density at radius 1 is 1.10 bits per heavy atom. The lowest BCUT2D eigenvalue weighted by atomic mass is 10.2. The molecule has 0 spiro atoms. The van der Waals surface area contributed by atoms with Crippen molar-refractivity contribution < 1.29 is 9.53 Å². The molecular formula is C22H26N4O2S. The molecule has 0 atom stereocenters. The average Bonchev–Trinajstić information content (AvgIpc) is 3.15. The van der Waals surface area contributed by atoms with Crippen molar-refractivity contribution in [3.05, 3.63) is 66.0 Å². The molecule has 1 heterocycles. The molecule has 152 valence electrons. The normalized spacial score (nSPS) is 10.7. The van der Waals surface area contributed by atoms with Gasteiger partial charge in [0.25, 0.3) is 0 Å². The first-order chi connectivity index (χ1) is 14.2. The first kappa shape index (κ1) is 20.9. The first-order valence-corrected chi connectivity index (χ1v) is 10.7. The number of thioether (sulfide) groups is 1. The highest BCUT2D eigenvalue weighted by molar-refractivity contribution is 7.99. The average molecular weight is 411 g/mol. The number of unbranched alkanes of at least 4 members (excludes halogenated alkanes) is 1. The van der Waals surface area contributed by atoms with Crippen LogP contribution in [0.1, 0.15) is 31.2 Å². The minimum absolute atomic E-state index is 0.00349. The highest BCUT2D eigenvalue weighted by Gasteiger charge is 2.16. The number of carbonyl (C=O) groups is 1. The maximum atomic E-state index is 12.1. The van der Waals surface area contributed by atoms with Crippen LogP contribution < -0.4 is 10.1 Å². The number of aromatic nitrogens is 3. The molecule has 0 bridgehead atoms. The van der Waals surface area contributed by atoms with Crippen molar-refractivity contribution >= 4 is 17.7 Å². The fourth-order valence-electron chi connectivity index (χ4n) is 2.77. The van der Waals surface area contributed by atoms with E-state index in [1.165, 1.54) is 11.8 Å². The molecule has 6 nitrogen and oxygen atoms in total. The number of amides is 1. The molecule has 1 N–H and O–H groups in total. The van der Waals surface area contributed by atoms with Crippen LogP contribution in [0.4, 0.5) is 0 Å². The largest absolute Gasteiger partial charge is 0.485 e. The summed E-state index contributed by atoms with van der Waals surface area (Å²) in [4.78, 5) is 12.1. The molecular weight excluding hydrogens is 384 g/mol. The molecule has 0 fully saturated rings. The van der Waals surface area contributed by atoms with Gasteiger partial charge in [0.1, 0.15) is 12.4 Å². The van der Waals surface area contributed by atoms with Crippen LogP contribution >= 0.6 is 11.8 Å². The van der Waals surface area contributed by atoms with Gasteiger partial charge < -0.3 is 10.1 Å². The molecule has 0 aliphatic heterocycles. The molecule has 0 unspecified atom stereocenters. The molecule has 0 radical (unpaired) electrons. The minimum Gasteiger partial charge on any atom is -0.485 e. The third-order valence-electron chi connectivity index (χ3n) is 4.35. The zero-order valence-corrected chi connectivity index (χ0v) is 17.6. The smallest absolute Gasteiger partial charge is 0.230 e. The zero-order chi connectivity index (χ0) is 20.5. The molecule has 0 saturated carbocycles. The van der Waals surface area contributed by atoms with Crippen molar-refractivity contribution in [2.24, 2.45) is 0 Å². The van der Waals surface area contributed by atoms with Crippen molar-refractivity contribution in [1.82, 2.24) is 20.1 Å². The van der Waals surface area contributed by atoms with Gasteiger partial charge in [-0.1, -0.05) is 61.5 Å². The Morgan fingerprint density at radius 3 is 2.62 bits per heavy atom. The van der Waals surface area contributed by atoms with Crippen LogP contribution in [0, 0.1) is 6.92 Å². The van der Waals surface area contributed by atoms with Gasteiger partial charge in [0.05, 0.1) is 5.75 Å². The second-order valence-corrected chi connectivity index (χ2v) is 7.56. The maximum absolute atomic E-state index is 12.1. The van der Waals surface area contributed by atoms with Gasteiger partial charge in [-0.25, -0.2) is 0 Å². The Labute approximate surface area is 175 Å². The van der Waals surface area contributed by atoms with Crippen LogP contribution in [-0.4, -0.2) is 33.0 Å². The van der Waals surface area contributed by atoms with E-state index in [2.05, 4.69) is 22.4 Å². The summed E-state index contributed by atoms with van der Waals surface area (Å²) in [6, 6.07) is 17.8. The monoisotopic (exact) mass is 410 g/mol. The zero-order valence-electron chi connectivity index (χ0n) is 16.8. The Morgan fingerprint density at radius 2 is 1.86 bits per heavy atom. The summed E-state index contributed by atoms with van der Waals surface area (Å²) in [5.74, 6) is 1.81. The van der Waals surface area contributed by atoms with E-state index in [9.17, 15) is 4.79 Å². The fourth-order valence-corrected chi connectivity index (χ4v) is 3.57. The predicted molar refractivity (Wildman–Crippen MR) is 116 cm³/mol. The molecule has 0 aliphatic rings. The molecule has 0 saturated heterocycles. The summed E-state index contributed by atoms with van der Waals surface area (Å²) in [7, 11) is 0. The molecule has 2 aromatic carbocycles. The Hall–Kier alpha value is -2.80. The van der Waals surface area contributed by atoms with Crippen LogP contribution in [0.15, 0.2) is 59.8 Å². The van der Waals surface area contributed by atoms with Gasteiger partial charge in [0.2, 0.25) is 5.91 Å². The van der Waals surface area contributed by atoms with Gasteiger partial charge in [-0.2, -0.15) is 0 Å². The Kier molecular flexibility index (Phi) is 7.69. The maximum Gasteiger partial charge on any atom is 0.230 e. The number of para-hydroxylation sites is 2. The van der Waals surface area contributed by atoms with E-state index in [1.54, 1.807) is 0 Å². The first-order valence-electron chi connectivity index (χ1n) is 9.76. The van der Waals surface area contributed by atoms with E-state index in [0.717, 1.165) is 29.8 Å². The van der Waals surface area contributed by atoms with Crippen LogP contribution in [0.2, 0.25) is 0 Å². The molecule has 0 aliphatic carbocycles. The van der Waals surface area contributed by atoms with Crippen LogP contribution in [-0.2, 0) is 11.4 Å². The second-order valence-electron chi connectivity index (χ2n) is 6.62. The minimum atomic E-state index is 0.00349. The number of aryl methyl sites for hydroxylation is 1. The van der Waals surface area contributed by atoms with E-state index in [4.69, 9.17) is 4.74 Å². The third-order valence-corrected chi connectivity index (χ3v) is 5.28. The van der Waals surface area contributed by atoms with Crippen molar-refractivity contribution in [1.29, 1.82) is 0 Å². The number of rotatable bonds is 10. The Bertz CT molecular complexity index is 928. The number of benzene rings is 2. The lowest BCUT2D eigenvalue weighted by Crippen LogP contribution is -2.26. The van der Waals surface area contributed by atoms with Crippen LogP contribution in [0.5, 0.6) is 5.75 Å². The van der Waals surface area contributed by atoms with Crippen molar-refractivity contribution in [2.75, 3.05) is 12.3 Å². The van der Waals surface area contributed by atoms with E-state index >= 15 is 0 Å². The topological polar surface area (TPSA) is 69.0 Å². The number of nitrogens with zero attached hydrogens (tertiary/aromatic N) is 3. The summed E-state index contributed by atoms with van der Waals surface area (Å²) in [6.07, 6.45) is 2.04. The van der Waals surface area contributed by atoms with Gasteiger partial charge in [0, 0.05) is 12.2 Å². The van der Waals surface area contributed by atoms with Gasteiger partial charge in [-0.15, -0.1) is 10.2 Å². The summed E-state index contributed by atoms with van der Waals surface area (Å²) < 4.78 is 7.92. The van der Waals surface area contributed by atoms with Crippen molar-refractivity contribution in [2.45, 2.75) is 38.5 Å². The van der Waals surface area contributed by atoms with Gasteiger partial charge in [0.15, 0.2) is 11.0 Å². The standard InChI is InChI=1S/C22H26N4O2S/c1-3-4-14-23-21(27)16-29-22-25-24-20(26(22)18-11-6-5-7-12-18)15-28-19-13-9-8-10-17(19)2/h5-13H,3-4,14-16H2,1-2H3,(H,23,27). The van der Waals surface area contributed by atoms with E-state index in [0.29, 0.717) is 23.3 Å².